The van der Waals surface area contributed by atoms with Crippen LogP contribution >= 0.6 is 8.25 Å². The Balaban J connectivity index is 2.58. The molecular weight excluding hydrogens is 250 g/mol. The molecule has 0 aromatic heterocycles. The molecule has 3 N–H and O–H groups in total. The van der Waals surface area contributed by atoms with Gasteiger partial charge < -0.3 is 29.1 Å². The molecule has 3 unspecified atom stereocenters. The Morgan fingerprint density at radius 3 is 2.59 bits per heavy atom. The molecule has 0 amide bonds. The summed E-state index contributed by atoms with van der Waals surface area (Å²) in [7, 11) is -1.38. The Bertz CT molecular complexity index is 254. The van der Waals surface area contributed by atoms with Crippen LogP contribution in [0.4, 0.5) is 0 Å². The third-order valence-corrected chi connectivity index (χ3v) is 3.05. The molecule has 17 heavy (non-hydrogen) atoms. The van der Waals surface area contributed by atoms with Crippen molar-refractivity contribution in [1.82, 2.24) is 0 Å². The summed E-state index contributed by atoms with van der Waals surface area (Å²) in [6.45, 7) is 0.0107. The molecule has 0 saturated carbocycles. The molecule has 9 heteroatoms. The van der Waals surface area contributed by atoms with Crippen LogP contribution in [-0.4, -0.2) is 67.1 Å². The summed E-state index contributed by atoms with van der Waals surface area (Å²) in [6, 6.07) is -0.336. The summed E-state index contributed by atoms with van der Waals surface area (Å²) in [4.78, 5) is 8.79. The van der Waals surface area contributed by atoms with Gasteiger partial charge in [0.25, 0.3) is 0 Å². The Labute approximate surface area is 101 Å². The van der Waals surface area contributed by atoms with E-state index >= 15 is 0 Å². The predicted octanol–water partition coefficient (Wildman–Crippen LogP) is -2.13. The van der Waals surface area contributed by atoms with Crippen molar-refractivity contribution < 1.29 is 33.7 Å². The van der Waals surface area contributed by atoms with Crippen molar-refractivity contribution >= 4 is 16.1 Å². The smallest absolute Gasteiger partial charge is 0.317 e. The van der Waals surface area contributed by atoms with Crippen LogP contribution in [0.2, 0.25) is 0 Å². The molecule has 1 rings (SSSR count). The highest BCUT2D eigenvalue weighted by molar-refractivity contribution is 7.32. The number of aliphatic hydroxyl groups excluding tert-OH is 2. The van der Waals surface area contributed by atoms with Crippen LogP contribution in [0.25, 0.3) is 0 Å². The average molecular weight is 268 g/mol. The van der Waals surface area contributed by atoms with E-state index in [0.29, 0.717) is 13.0 Å². The highest BCUT2D eigenvalue weighted by Crippen LogP contribution is 2.31. The van der Waals surface area contributed by atoms with Crippen LogP contribution in [0.1, 0.15) is 6.42 Å². The predicted molar refractivity (Wildman–Crippen MR) is 61.8 cm³/mol. The van der Waals surface area contributed by atoms with Gasteiger partial charge in [0.1, 0.15) is 26.2 Å². The lowest BCUT2D eigenvalue weighted by molar-refractivity contribution is -0.0200. The molecule has 1 fully saturated rings. The Kier molecular flexibility index (Phi) is 6.65. The zero-order valence-electron chi connectivity index (χ0n) is 9.61. The molecular formula is C8H18BO7P. The van der Waals surface area contributed by atoms with E-state index in [9.17, 15) is 4.57 Å². The summed E-state index contributed by atoms with van der Waals surface area (Å²) in [5, 5.41) is 17.7. The molecule has 100 valence electrons. The van der Waals surface area contributed by atoms with Crippen LogP contribution < -0.4 is 0 Å². The lowest BCUT2D eigenvalue weighted by Gasteiger charge is -2.22. The fourth-order valence-electron chi connectivity index (χ4n) is 1.83. The summed E-state index contributed by atoms with van der Waals surface area (Å²) < 4.78 is 26.4. The topological polar surface area (TPSA) is 105 Å². The van der Waals surface area contributed by atoms with Crippen LogP contribution in [-0.2, 0) is 18.6 Å². The van der Waals surface area contributed by atoms with Gasteiger partial charge in [0.15, 0.2) is 0 Å². The van der Waals surface area contributed by atoms with Crippen molar-refractivity contribution in [3.63, 3.8) is 0 Å². The maximum Gasteiger partial charge on any atom is 0.317 e. The van der Waals surface area contributed by atoms with Crippen LogP contribution in [0.5, 0.6) is 0 Å². The standard InChI is InChI=1S/C8H18BO7P/c9-8-7(14-3-1-2-10)6(16-17(12)13)5(4-11)15-8/h5-8,10-11,17H,1-4,9H2,(H,12,13)/t5-,6?,7?,8-/m1/s1. The largest absolute Gasteiger partial charge is 0.396 e. The highest BCUT2D eigenvalue weighted by atomic mass is 31.1. The van der Waals surface area contributed by atoms with Crippen LogP contribution in [0.15, 0.2) is 0 Å². The van der Waals surface area contributed by atoms with Gasteiger partial charge in [-0.15, -0.1) is 0 Å². The van der Waals surface area contributed by atoms with Crippen molar-refractivity contribution in [2.75, 3.05) is 19.8 Å². The minimum absolute atomic E-state index is 0.00745. The van der Waals surface area contributed by atoms with E-state index in [1.54, 1.807) is 7.85 Å². The molecule has 0 aromatic carbocycles. The second kappa shape index (κ2) is 7.48. The molecule has 7 nitrogen and oxygen atoms in total. The molecule has 0 radical (unpaired) electrons. The van der Waals surface area contributed by atoms with Crippen molar-refractivity contribution in [2.45, 2.75) is 30.7 Å². The van der Waals surface area contributed by atoms with E-state index in [-0.39, 0.29) is 19.2 Å². The van der Waals surface area contributed by atoms with E-state index in [0.717, 1.165) is 0 Å². The summed E-state index contributed by atoms with van der Waals surface area (Å²) in [6.07, 6.45) is -1.47. The summed E-state index contributed by atoms with van der Waals surface area (Å²) >= 11 is 0. The first-order chi connectivity index (χ1) is 8.10. The monoisotopic (exact) mass is 268 g/mol. The zero-order valence-corrected chi connectivity index (χ0v) is 10.6. The SMILES string of the molecule is B[C@@H]1O[C@H](CO)C(O[PH](=O)O)C1OCCCO. The maximum atomic E-state index is 10.7. The normalized spacial score (nSPS) is 35.0. The minimum Gasteiger partial charge on any atom is -0.396 e. The molecule has 0 aromatic rings. The third kappa shape index (κ3) is 4.33. The fraction of sp³-hybridized carbons (Fsp3) is 1.00. The Morgan fingerprint density at radius 2 is 2.06 bits per heavy atom. The van der Waals surface area contributed by atoms with E-state index in [1.807, 2.05) is 0 Å². The quantitative estimate of drug-likeness (QED) is 0.275. The van der Waals surface area contributed by atoms with Gasteiger partial charge in [-0.05, 0) is 6.42 Å². The maximum absolute atomic E-state index is 10.7. The first-order valence-electron chi connectivity index (χ1n) is 5.48. The molecule has 0 bridgehead atoms. The lowest BCUT2D eigenvalue weighted by Crippen LogP contribution is -2.37. The second-order valence-electron chi connectivity index (χ2n) is 3.82. The molecule has 0 aliphatic carbocycles. The van der Waals surface area contributed by atoms with E-state index in [4.69, 9.17) is 29.1 Å². The van der Waals surface area contributed by atoms with Crippen molar-refractivity contribution in [3.8, 4) is 0 Å². The minimum atomic E-state index is -3.12. The van der Waals surface area contributed by atoms with Gasteiger partial charge in [0, 0.05) is 13.2 Å². The lowest BCUT2D eigenvalue weighted by atomic mass is 9.93. The van der Waals surface area contributed by atoms with Gasteiger partial charge in [-0.2, -0.15) is 0 Å². The second-order valence-corrected chi connectivity index (χ2v) is 4.59. The molecule has 1 saturated heterocycles. The summed E-state index contributed by atoms with van der Waals surface area (Å²) in [5.74, 6) is 0. The molecule has 5 atom stereocenters. The molecule has 1 aliphatic heterocycles. The van der Waals surface area contributed by atoms with Gasteiger partial charge in [-0.3, -0.25) is 4.57 Å². The van der Waals surface area contributed by atoms with Crippen LogP contribution in [0, 0.1) is 0 Å². The van der Waals surface area contributed by atoms with E-state index < -0.39 is 26.6 Å². The van der Waals surface area contributed by atoms with Gasteiger partial charge >= 0.3 is 8.25 Å². The molecule has 1 aliphatic rings. The van der Waals surface area contributed by atoms with Crippen molar-refractivity contribution in [1.29, 1.82) is 0 Å². The number of hydrogen-bond acceptors (Lipinski definition) is 6. The number of aliphatic hydroxyl groups is 2. The van der Waals surface area contributed by atoms with Crippen molar-refractivity contribution in [2.24, 2.45) is 0 Å². The van der Waals surface area contributed by atoms with E-state index in [1.165, 1.54) is 0 Å². The third-order valence-electron chi connectivity index (χ3n) is 2.57. The molecule has 1 heterocycles. The fourth-order valence-corrected chi connectivity index (χ4v) is 2.35. The van der Waals surface area contributed by atoms with E-state index in [2.05, 4.69) is 0 Å². The van der Waals surface area contributed by atoms with Crippen molar-refractivity contribution in [3.05, 3.63) is 0 Å². The average Bonchev–Trinajstić information content (AvgIpc) is 2.56. The first kappa shape index (κ1) is 15.1. The number of rotatable bonds is 7. The Hall–Kier alpha value is 0.0549. The van der Waals surface area contributed by atoms with Crippen LogP contribution in [0.3, 0.4) is 0 Å². The van der Waals surface area contributed by atoms with Gasteiger partial charge in [0.2, 0.25) is 0 Å². The Morgan fingerprint density at radius 1 is 1.35 bits per heavy atom. The zero-order chi connectivity index (χ0) is 12.8. The highest BCUT2D eigenvalue weighted by Gasteiger charge is 2.44. The summed E-state index contributed by atoms with van der Waals surface area (Å²) in [5.41, 5.74) is 0. The number of hydrogen-bond donors (Lipinski definition) is 3. The first-order valence-corrected chi connectivity index (χ1v) is 6.75. The molecule has 0 spiro atoms. The number of ether oxygens (including phenoxy) is 2. The van der Waals surface area contributed by atoms with Gasteiger partial charge in [-0.1, -0.05) is 0 Å². The van der Waals surface area contributed by atoms with Gasteiger partial charge in [0.05, 0.1) is 12.6 Å². The van der Waals surface area contributed by atoms with Gasteiger partial charge in [-0.25, -0.2) is 0 Å².